The summed E-state index contributed by atoms with van der Waals surface area (Å²) in [7, 11) is 3.55. The summed E-state index contributed by atoms with van der Waals surface area (Å²) >= 11 is 0. The van der Waals surface area contributed by atoms with Gasteiger partial charge in [0.15, 0.2) is 0 Å². The molecule has 0 bridgehead atoms. The van der Waals surface area contributed by atoms with Crippen molar-refractivity contribution < 1.29 is 0 Å². The van der Waals surface area contributed by atoms with Crippen LogP contribution in [0.3, 0.4) is 0 Å². The molecular weight excluding hydrogens is 123 g/mol. The zero-order valence-corrected chi connectivity index (χ0v) is 6.59. The topological polar surface area (TPSA) is 24.4 Å². The third kappa shape index (κ3) is 4.07. The Morgan fingerprint density at radius 1 is 1.70 bits per heavy atom. The van der Waals surface area contributed by atoms with Crippen LogP contribution in [0.25, 0.3) is 0 Å². The molecule has 3 heteroatoms. The predicted molar refractivity (Wildman–Crippen MR) is 48.9 cm³/mol. The third-order valence-corrected chi connectivity index (χ3v) is 1.05. The fourth-order valence-electron chi connectivity index (χ4n) is 0.526. The number of rotatable bonds is 4. The molecule has 10 heavy (non-hydrogen) atoms. The molecule has 0 rings (SSSR count). The van der Waals surface area contributed by atoms with Crippen LogP contribution in [0.2, 0.25) is 0 Å². The van der Waals surface area contributed by atoms with E-state index in [0.717, 1.165) is 12.1 Å². The van der Waals surface area contributed by atoms with Gasteiger partial charge in [-0.05, 0) is 0 Å². The summed E-state index contributed by atoms with van der Waals surface area (Å²) in [6.45, 7) is 3.95. The Labute approximate surface area is 63.1 Å². The van der Waals surface area contributed by atoms with E-state index in [9.17, 15) is 0 Å². The summed E-state index contributed by atoms with van der Waals surface area (Å²) in [4.78, 5) is 3.96. The van der Waals surface area contributed by atoms with Crippen LogP contribution < -0.4 is 5.32 Å². The maximum atomic E-state index is 3.96. The molecule has 0 aliphatic rings. The van der Waals surface area contributed by atoms with Crippen molar-refractivity contribution in [1.29, 1.82) is 0 Å². The minimum atomic E-state index is 0.948. The Hall–Kier alpha value is -0.855. The number of nitrogens with zero attached hydrogens (tertiary/aromatic N) is 1. The molecule has 1 N–H and O–H groups in total. The molecule has 0 heterocycles. The van der Waals surface area contributed by atoms with E-state index in [4.69, 9.17) is 0 Å². The van der Waals surface area contributed by atoms with Gasteiger partial charge in [0.2, 0.25) is 0 Å². The molecule has 0 radical (unpaired) electrons. The van der Waals surface area contributed by atoms with Crippen LogP contribution in [0.15, 0.2) is 16.9 Å². The minimum absolute atomic E-state index is 0.948. The van der Waals surface area contributed by atoms with Crippen LogP contribution in [-0.2, 0) is 0 Å². The summed E-state index contributed by atoms with van der Waals surface area (Å²) in [5.74, 6) is 0. The van der Waals surface area contributed by atoms with Crippen LogP contribution in [0.1, 0.15) is 20.3 Å². The Morgan fingerprint density at radius 2 is 2.40 bits per heavy atom. The van der Waals surface area contributed by atoms with Gasteiger partial charge in [0.05, 0.1) is 0 Å². The van der Waals surface area contributed by atoms with Gasteiger partial charge in [-0.3, -0.25) is 0 Å². The van der Waals surface area contributed by atoms with Crippen LogP contribution in [-0.4, -0.2) is 19.8 Å². The maximum absolute atomic E-state index is 3.96. The molecule has 0 unspecified atom stereocenters. The molecule has 0 spiro atoms. The fraction of sp³-hybridized carbons (Fsp3) is 0.429. The Bertz CT molecular complexity index is 150. The summed E-state index contributed by atoms with van der Waals surface area (Å²) in [5.41, 5.74) is 1.08. The predicted octanol–water partition coefficient (Wildman–Crippen LogP) is 0.579. The number of hydrogen-bond acceptors (Lipinski definition) is 2. The van der Waals surface area contributed by atoms with E-state index in [2.05, 4.69) is 24.7 Å². The van der Waals surface area contributed by atoms with Crippen molar-refractivity contribution in [3.8, 4) is 0 Å². The van der Waals surface area contributed by atoms with E-state index >= 15 is 0 Å². The van der Waals surface area contributed by atoms with Gasteiger partial charge in [-0.1, -0.05) is 0 Å². The van der Waals surface area contributed by atoms with E-state index in [1.165, 1.54) is 0 Å². The standard InChI is InChI=1S/C7H13BN2/c1-3-7(10-6-8)5-9-4-2/h4-6,8,10H,3H2,1-2H3/b7-5-,9-4-. The van der Waals surface area contributed by atoms with Crippen molar-refractivity contribution in [2.45, 2.75) is 20.3 Å². The molecule has 0 saturated carbocycles. The second-order valence-corrected chi connectivity index (χ2v) is 1.76. The van der Waals surface area contributed by atoms with Gasteiger partial charge >= 0.3 is 62.3 Å². The fourth-order valence-corrected chi connectivity index (χ4v) is 0.526. The number of allylic oxidation sites excluding steroid dienone is 1. The number of hydrogen-bond donors (Lipinski definition) is 1. The summed E-state index contributed by atoms with van der Waals surface area (Å²) in [5, 5.41) is 2.98. The van der Waals surface area contributed by atoms with Crippen molar-refractivity contribution in [2.75, 3.05) is 0 Å². The molecule has 0 atom stereocenters. The molecule has 0 aliphatic carbocycles. The first kappa shape index (κ1) is 9.14. The summed E-state index contributed by atoms with van der Waals surface area (Å²) in [6, 6.07) is 0. The summed E-state index contributed by atoms with van der Waals surface area (Å²) < 4.78 is 0. The second-order valence-electron chi connectivity index (χ2n) is 1.76. The number of nitrogens with one attached hydrogen (secondary N) is 1. The van der Waals surface area contributed by atoms with Gasteiger partial charge in [0.1, 0.15) is 0 Å². The normalized spacial score (nSPS) is 11.9. The zero-order valence-electron chi connectivity index (χ0n) is 6.59. The van der Waals surface area contributed by atoms with Crippen molar-refractivity contribution in [1.82, 2.24) is 5.32 Å². The molecule has 2 nitrogen and oxygen atoms in total. The van der Waals surface area contributed by atoms with Crippen LogP contribution in [0.5, 0.6) is 0 Å². The van der Waals surface area contributed by atoms with Gasteiger partial charge in [0.25, 0.3) is 0 Å². The first-order valence-electron chi connectivity index (χ1n) is 3.39. The quantitative estimate of drug-likeness (QED) is 0.443. The SMILES string of the molecule is B=CN/C(=C\N=C/C)CC. The van der Waals surface area contributed by atoms with Gasteiger partial charge in [-0.15, -0.1) is 0 Å². The van der Waals surface area contributed by atoms with Gasteiger partial charge in [-0.2, -0.15) is 0 Å². The Kier molecular flexibility index (Phi) is 5.73. The van der Waals surface area contributed by atoms with Crippen LogP contribution >= 0.6 is 0 Å². The molecule has 0 fully saturated rings. The molecule has 0 aromatic rings. The molecular formula is C7H13BN2. The Balaban J connectivity index is 3.89. The van der Waals surface area contributed by atoms with Crippen LogP contribution in [0.4, 0.5) is 0 Å². The van der Waals surface area contributed by atoms with Crippen molar-refractivity contribution in [3.05, 3.63) is 11.9 Å². The first-order chi connectivity index (χ1) is 4.85. The van der Waals surface area contributed by atoms with E-state index in [0.29, 0.717) is 0 Å². The van der Waals surface area contributed by atoms with Crippen LogP contribution in [0, 0.1) is 0 Å². The average molecular weight is 136 g/mol. The molecule has 0 saturated heterocycles. The van der Waals surface area contributed by atoms with E-state index < -0.39 is 0 Å². The average Bonchev–Trinajstić information content (AvgIpc) is 1.98. The summed E-state index contributed by atoms with van der Waals surface area (Å²) in [6.07, 6.45) is 6.14. The monoisotopic (exact) mass is 136 g/mol. The van der Waals surface area contributed by atoms with Gasteiger partial charge in [0, 0.05) is 0 Å². The van der Waals surface area contributed by atoms with E-state index in [-0.39, 0.29) is 0 Å². The van der Waals surface area contributed by atoms with Crippen molar-refractivity contribution in [2.24, 2.45) is 4.99 Å². The molecule has 0 aliphatic heterocycles. The van der Waals surface area contributed by atoms with E-state index in [1.54, 1.807) is 18.5 Å². The van der Waals surface area contributed by atoms with Crippen molar-refractivity contribution >= 4 is 19.8 Å². The van der Waals surface area contributed by atoms with E-state index in [1.807, 2.05) is 6.92 Å². The van der Waals surface area contributed by atoms with Crippen molar-refractivity contribution in [3.63, 3.8) is 0 Å². The molecule has 0 amide bonds. The Morgan fingerprint density at radius 3 is 2.80 bits per heavy atom. The molecule has 0 aromatic heterocycles. The van der Waals surface area contributed by atoms with Gasteiger partial charge < -0.3 is 0 Å². The third-order valence-electron chi connectivity index (χ3n) is 1.05. The number of aliphatic imine (C=N–C) groups is 1. The zero-order chi connectivity index (χ0) is 7.82. The first-order valence-corrected chi connectivity index (χ1v) is 3.39. The molecule has 0 aromatic carbocycles. The molecule has 54 valence electrons. The second kappa shape index (κ2) is 6.27. The van der Waals surface area contributed by atoms with Gasteiger partial charge in [-0.25, -0.2) is 0 Å².